The Morgan fingerprint density at radius 2 is 1.64 bits per heavy atom. The van der Waals surface area contributed by atoms with Crippen LogP contribution in [-0.2, 0) is 4.79 Å². The van der Waals surface area contributed by atoms with Gasteiger partial charge in [0.05, 0.1) is 12.7 Å². The molecular weight excluding hydrogens is 436 g/mol. The van der Waals surface area contributed by atoms with Gasteiger partial charge in [-0.2, -0.15) is 0 Å². The second-order valence-corrected chi connectivity index (χ2v) is 9.55. The van der Waals surface area contributed by atoms with Crippen LogP contribution in [0.4, 0.5) is 11.4 Å². The van der Waals surface area contributed by atoms with E-state index in [1.165, 1.54) is 0 Å². The van der Waals surface area contributed by atoms with Gasteiger partial charge in [-0.15, -0.1) is 0 Å². The van der Waals surface area contributed by atoms with E-state index in [1.807, 2.05) is 62.9 Å². The van der Waals surface area contributed by atoms with Crippen molar-refractivity contribution in [3.8, 4) is 5.75 Å². The van der Waals surface area contributed by atoms with Gasteiger partial charge in [0.25, 0.3) is 5.91 Å². The summed E-state index contributed by atoms with van der Waals surface area (Å²) < 4.78 is 5.35. The summed E-state index contributed by atoms with van der Waals surface area (Å²) in [6.45, 7) is 10.8. The van der Waals surface area contributed by atoms with Crippen molar-refractivity contribution in [1.82, 2.24) is 10.2 Å². The molecule has 7 nitrogen and oxygen atoms in total. The van der Waals surface area contributed by atoms with E-state index in [0.717, 1.165) is 30.0 Å². The maximum Gasteiger partial charge on any atom is 0.261 e. The number of para-hydroxylation sites is 1. The molecule has 1 aliphatic rings. The number of rotatable bonds is 4. The standard InChI is InChI=1S/C25H32N4O3S/c1-17-7-6-8-20(21(17)32-5)22(30)27-24(33)26-18-9-11-19(12-10-18)28-13-15-29(16-14-28)23(31)25(2,3)4/h6-12H,13-16H2,1-5H3,(H2,26,27,30,33). The minimum Gasteiger partial charge on any atom is -0.496 e. The summed E-state index contributed by atoms with van der Waals surface area (Å²) in [7, 11) is 1.54. The van der Waals surface area contributed by atoms with Crippen molar-refractivity contribution >= 4 is 40.5 Å². The Kier molecular flexibility index (Phi) is 7.58. The number of ether oxygens (including phenoxy) is 1. The lowest BCUT2D eigenvalue weighted by molar-refractivity contribution is -0.139. The monoisotopic (exact) mass is 468 g/mol. The lowest BCUT2D eigenvalue weighted by Gasteiger charge is -2.38. The molecule has 0 unspecified atom stereocenters. The van der Waals surface area contributed by atoms with Gasteiger partial charge >= 0.3 is 0 Å². The highest BCUT2D eigenvalue weighted by molar-refractivity contribution is 7.80. The van der Waals surface area contributed by atoms with Crippen LogP contribution in [0.25, 0.3) is 0 Å². The summed E-state index contributed by atoms with van der Waals surface area (Å²) in [5.41, 5.74) is 2.82. The predicted molar refractivity (Wildman–Crippen MR) is 136 cm³/mol. The zero-order chi connectivity index (χ0) is 24.2. The number of thiocarbonyl (C=S) groups is 1. The Hall–Kier alpha value is -3.13. The van der Waals surface area contributed by atoms with Gasteiger partial charge in [0.1, 0.15) is 5.75 Å². The number of benzene rings is 2. The Labute approximate surface area is 201 Å². The van der Waals surface area contributed by atoms with E-state index in [1.54, 1.807) is 19.2 Å². The molecule has 1 fully saturated rings. The minimum absolute atomic E-state index is 0.195. The predicted octanol–water partition coefficient (Wildman–Crippen LogP) is 3.83. The van der Waals surface area contributed by atoms with Crippen LogP contribution in [0.3, 0.4) is 0 Å². The van der Waals surface area contributed by atoms with Gasteiger partial charge in [-0.3, -0.25) is 14.9 Å². The molecule has 8 heteroatoms. The number of nitrogens with one attached hydrogen (secondary N) is 2. The van der Waals surface area contributed by atoms with E-state index in [-0.39, 0.29) is 22.3 Å². The van der Waals surface area contributed by atoms with Gasteiger partial charge in [-0.05, 0) is 55.0 Å². The Morgan fingerprint density at radius 3 is 2.21 bits per heavy atom. The number of methoxy groups -OCH3 is 1. The maximum absolute atomic E-state index is 12.6. The van der Waals surface area contributed by atoms with Crippen LogP contribution < -0.4 is 20.3 Å². The van der Waals surface area contributed by atoms with Crippen LogP contribution in [0, 0.1) is 12.3 Å². The lowest BCUT2D eigenvalue weighted by atomic mass is 9.94. The summed E-state index contributed by atoms with van der Waals surface area (Å²) in [5.74, 6) is 0.402. The molecule has 0 aromatic heterocycles. The first-order chi connectivity index (χ1) is 15.6. The molecule has 3 rings (SSSR count). The Bertz CT molecular complexity index is 1020. The molecule has 2 N–H and O–H groups in total. The topological polar surface area (TPSA) is 73.9 Å². The number of carbonyl (C=O) groups is 2. The molecule has 0 atom stereocenters. The van der Waals surface area contributed by atoms with E-state index in [2.05, 4.69) is 15.5 Å². The number of carbonyl (C=O) groups excluding carboxylic acids is 2. The summed E-state index contributed by atoms with van der Waals surface area (Å²) in [4.78, 5) is 29.3. The molecule has 1 heterocycles. The zero-order valence-corrected chi connectivity index (χ0v) is 20.7. The largest absolute Gasteiger partial charge is 0.496 e. The van der Waals surface area contributed by atoms with Gasteiger partial charge in [0.15, 0.2) is 5.11 Å². The summed E-state index contributed by atoms with van der Waals surface area (Å²) in [6.07, 6.45) is 0. The molecule has 2 aromatic carbocycles. The normalized spacial score (nSPS) is 14.0. The van der Waals surface area contributed by atoms with E-state index in [9.17, 15) is 9.59 Å². The third-order valence-electron chi connectivity index (χ3n) is 5.59. The highest BCUT2D eigenvalue weighted by Crippen LogP contribution is 2.24. The maximum atomic E-state index is 12.6. The summed E-state index contributed by atoms with van der Waals surface area (Å²) in [5, 5.41) is 5.97. The van der Waals surface area contributed by atoms with E-state index < -0.39 is 0 Å². The molecular formula is C25H32N4O3S. The third-order valence-corrected chi connectivity index (χ3v) is 5.79. The fourth-order valence-electron chi connectivity index (χ4n) is 3.83. The molecule has 0 saturated carbocycles. The first-order valence-electron chi connectivity index (χ1n) is 11.0. The number of anilines is 2. The third kappa shape index (κ3) is 6.01. The molecule has 0 radical (unpaired) electrons. The molecule has 1 saturated heterocycles. The Morgan fingerprint density at radius 1 is 1.00 bits per heavy atom. The van der Waals surface area contributed by atoms with Crippen molar-refractivity contribution in [2.24, 2.45) is 5.41 Å². The number of hydrogen-bond donors (Lipinski definition) is 2. The summed E-state index contributed by atoms with van der Waals surface area (Å²) >= 11 is 5.32. The molecule has 0 aliphatic carbocycles. The SMILES string of the molecule is COc1c(C)cccc1C(=O)NC(=S)Nc1ccc(N2CCN(C(=O)C(C)(C)C)CC2)cc1. The molecule has 0 spiro atoms. The van der Waals surface area contributed by atoms with Crippen molar-refractivity contribution in [2.75, 3.05) is 43.5 Å². The highest BCUT2D eigenvalue weighted by atomic mass is 32.1. The van der Waals surface area contributed by atoms with Crippen LogP contribution in [0.2, 0.25) is 0 Å². The van der Waals surface area contributed by atoms with Crippen LogP contribution in [0.15, 0.2) is 42.5 Å². The molecule has 2 aromatic rings. The van der Waals surface area contributed by atoms with Crippen molar-refractivity contribution in [2.45, 2.75) is 27.7 Å². The molecule has 2 amide bonds. The second-order valence-electron chi connectivity index (χ2n) is 9.14. The van der Waals surface area contributed by atoms with Gasteiger partial charge in [0, 0.05) is 43.0 Å². The number of aryl methyl sites for hydroxylation is 1. The number of hydrogen-bond acceptors (Lipinski definition) is 5. The fourth-order valence-corrected chi connectivity index (χ4v) is 4.04. The van der Waals surface area contributed by atoms with Crippen molar-refractivity contribution in [3.63, 3.8) is 0 Å². The van der Waals surface area contributed by atoms with Gasteiger partial charge in [0.2, 0.25) is 5.91 Å². The van der Waals surface area contributed by atoms with Crippen molar-refractivity contribution < 1.29 is 14.3 Å². The van der Waals surface area contributed by atoms with Gasteiger partial charge in [-0.1, -0.05) is 32.9 Å². The van der Waals surface area contributed by atoms with Gasteiger partial charge < -0.3 is 19.9 Å². The van der Waals surface area contributed by atoms with E-state index in [0.29, 0.717) is 24.4 Å². The first-order valence-corrected chi connectivity index (χ1v) is 11.4. The van der Waals surface area contributed by atoms with Crippen LogP contribution >= 0.6 is 12.2 Å². The highest BCUT2D eigenvalue weighted by Gasteiger charge is 2.29. The van der Waals surface area contributed by atoms with Crippen LogP contribution in [-0.4, -0.2) is 55.1 Å². The first kappa shape index (κ1) is 24.5. The average molecular weight is 469 g/mol. The number of amides is 2. The lowest BCUT2D eigenvalue weighted by Crippen LogP contribution is -2.51. The summed E-state index contributed by atoms with van der Waals surface area (Å²) in [6, 6.07) is 13.3. The minimum atomic E-state index is -0.353. The fraction of sp³-hybridized carbons (Fsp3) is 0.400. The zero-order valence-electron chi connectivity index (χ0n) is 19.9. The van der Waals surface area contributed by atoms with Crippen LogP contribution in [0.5, 0.6) is 5.75 Å². The Balaban J connectivity index is 1.55. The van der Waals surface area contributed by atoms with Crippen molar-refractivity contribution in [3.05, 3.63) is 53.6 Å². The molecule has 0 bridgehead atoms. The number of piperazine rings is 1. The van der Waals surface area contributed by atoms with Crippen molar-refractivity contribution in [1.29, 1.82) is 0 Å². The average Bonchev–Trinajstić information content (AvgIpc) is 2.78. The number of nitrogens with zero attached hydrogens (tertiary/aromatic N) is 2. The quantitative estimate of drug-likeness (QED) is 0.665. The van der Waals surface area contributed by atoms with Crippen LogP contribution in [0.1, 0.15) is 36.7 Å². The van der Waals surface area contributed by atoms with E-state index in [4.69, 9.17) is 17.0 Å². The smallest absolute Gasteiger partial charge is 0.261 e. The molecule has 176 valence electrons. The molecule has 33 heavy (non-hydrogen) atoms. The second kappa shape index (κ2) is 10.2. The van der Waals surface area contributed by atoms with E-state index >= 15 is 0 Å². The molecule has 1 aliphatic heterocycles. The van der Waals surface area contributed by atoms with Gasteiger partial charge in [-0.25, -0.2) is 0 Å².